The molecule has 2 aromatic heterocycles. The van der Waals surface area contributed by atoms with Gasteiger partial charge in [-0.1, -0.05) is 25.1 Å². The van der Waals surface area contributed by atoms with Crippen LogP contribution < -0.4 is 0 Å². The number of likely N-dealkylation sites (tertiary alicyclic amines) is 1. The molecule has 2 N–H and O–H groups in total. The highest BCUT2D eigenvalue weighted by atomic mass is 16.3. The summed E-state index contributed by atoms with van der Waals surface area (Å²) in [6, 6.07) is 10.9. The first-order valence-electron chi connectivity index (χ1n) is 9.61. The fraction of sp³-hybridized carbons (Fsp3) is 0.318. The first kappa shape index (κ1) is 18.2. The molecule has 1 aliphatic carbocycles. The lowest BCUT2D eigenvalue weighted by molar-refractivity contribution is -0.125. The number of nitrogens with one attached hydrogen (secondary N) is 1. The Hall–Kier alpha value is -3.15. The number of amides is 1. The molecule has 1 saturated heterocycles. The summed E-state index contributed by atoms with van der Waals surface area (Å²) in [7, 11) is 0. The van der Waals surface area contributed by atoms with E-state index in [4.69, 9.17) is 0 Å². The fourth-order valence-electron chi connectivity index (χ4n) is 4.01. The SMILES string of the molecule is C=CC(=O)N1CCC2(CCC2)C1.Oc1ccccc1-c1cc2cc[nH]c2nn1. The zero-order valence-corrected chi connectivity index (χ0v) is 15.8. The van der Waals surface area contributed by atoms with Crippen LogP contribution in [0.4, 0.5) is 0 Å². The highest BCUT2D eigenvalue weighted by Crippen LogP contribution is 2.47. The van der Waals surface area contributed by atoms with Crippen LogP contribution in [0.2, 0.25) is 0 Å². The van der Waals surface area contributed by atoms with E-state index < -0.39 is 0 Å². The van der Waals surface area contributed by atoms with Crippen molar-refractivity contribution < 1.29 is 9.90 Å². The monoisotopic (exact) mass is 376 g/mol. The maximum atomic E-state index is 11.2. The Labute approximate surface area is 163 Å². The first-order valence-corrected chi connectivity index (χ1v) is 9.61. The highest BCUT2D eigenvalue weighted by molar-refractivity contribution is 5.87. The van der Waals surface area contributed by atoms with Crippen molar-refractivity contribution in [3.05, 3.63) is 55.3 Å². The van der Waals surface area contributed by atoms with Gasteiger partial charge in [0.15, 0.2) is 5.65 Å². The number of nitrogens with zero attached hydrogens (tertiary/aromatic N) is 3. The number of carbonyl (C=O) groups excluding carboxylic acids is 1. The topological polar surface area (TPSA) is 82.1 Å². The smallest absolute Gasteiger partial charge is 0.245 e. The van der Waals surface area contributed by atoms with Crippen molar-refractivity contribution in [3.63, 3.8) is 0 Å². The Morgan fingerprint density at radius 2 is 2.04 bits per heavy atom. The summed E-state index contributed by atoms with van der Waals surface area (Å²) in [5.74, 6) is 0.325. The lowest BCUT2D eigenvalue weighted by Crippen LogP contribution is -2.35. The van der Waals surface area contributed by atoms with Crippen LogP contribution in [-0.4, -0.2) is 44.2 Å². The van der Waals surface area contributed by atoms with Crippen molar-refractivity contribution in [2.45, 2.75) is 25.7 Å². The molecule has 0 radical (unpaired) electrons. The summed E-state index contributed by atoms with van der Waals surface area (Å²) in [5.41, 5.74) is 2.64. The molecule has 0 unspecified atom stereocenters. The lowest BCUT2D eigenvalue weighted by Gasteiger charge is -2.37. The highest BCUT2D eigenvalue weighted by Gasteiger charge is 2.43. The van der Waals surface area contributed by atoms with Crippen LogP contribution in [0.1, 0.15) is 25.7 Å². The van der Waals surface area contributed by atoms with Crippen molar-refractivity contribution in [2.24, 2.45) is 5.41 Å². The molecule has 144 valence electrons. The quantitative estimate of drug-likeness (QED) is 0.665. The van der Waals surface area contributed by atoms with Gasteiger partial charge in [-0.25, -0.2) is 0 Å². The summed E-state index contributed by atoms with van der Waals surface area (Å²) in [6.07, 6.45) is 8.47. The van der Waals surface area contributed by atoms with Crippen LogP contribution in [0.5, 0.6) is 5.75 Å². The molecule has 3 heterocycles. The summed E-state index contributed by atoms with van der Waals surface area (Å²) in [6.45, 7) is 5.44. The zero-order valence-electron chi connectivity index (χ0n) is 15.8. The Bertz CT molecular complexity index is 1010. The van der Waals surface area contributed by atoms with Gasteiger partial charge < -0.3 is 15.0 Å². The molecule has 2 fully saturated rings. The number of aromatic amines is 1. The number of phenols is 1. The zero-order chi connectivity index (χ0) is 19.6. The van der Waals surface area contributed by atoms with Crippen LogP contribution in [0.3, 0.4) is 0 Å². The predicted molar refractivity (Wildman–Crippen MR) is 109 cm³/mol. The fourth-order valence-corrected chi connectivity index (χ4v) is 4.01. The maximum Gasteiger partial charge on any atom is 0.245 e. The number of H-pyrrole nitrogens is 1. The van der Waals surface area contributed by atoms with Gasteiger partial charge in [-0.2, -0.15) is 0 Å². The predicted octanol–water partition coefficient (Wildman–Crippen LogP) is 3.91. The Morgan fingerprint density at radius 1 is 1.21 bits per heavy atom. The number of aromatic nitrogens is 3. The van der Waals surface area contributed by atoms with Crippen LogP contribution in [-0.2, 0) is 4.79 Å². The summed E-state index contributed by atoms with van der Waals surface area (Å²) >= 11 is 0. The van der Waals surface area contributed by atoms with E-state index in [1.165, 1.54) is 31.8 Å². The van der Waals surface area contributed by atoms with Gasteiger partial charge >= 0.3 is 0 Å². The molecule has 5 rings (SSSR count). The third-order valence-electron chi connectivity index (χ3n) is 5.83. The van der Waals surface area contributed by atoms with Crippen LogP contribution >= 0.6 is 0 Å². The number of aromatic hydroxyl groups is 1. The van der Waals surface area contributed by atoms with Gasteiger partial charge in [-0.05, 0) is 55.0 Å². The van der Waals surface area contributed by atoms with E-state index >= 15 is 0 Å². The summed E-state index contributed by atoms with van der Waals surface area (Å²) in [4.78, 5) is 16.2. The number of hydrogen-bond acceptors (Lipinski definition) is 4. The molecule has 2 aliphatic rings. The van der Waals surface area contributed by atoms with Crippen LogP contribution in [0.25, 0.3) is 22.3 Å². The van der Waals surface area contributed by atoms with Gasteiger partial charge in [0.2, 0.25) is 5.91 Å². The van der Waals surface area contributed by atoms with Crippen LogP contribution in [0.15, 0.2) is 55.3 Å². The third-order valence-corrected chi connectivity index (χ3v) is 5.83. The van der Waals surface area contributed by atoms with Gasteiger partial charge in [0.25, 0.3) is 0 Å². The molecular formula is C22H24N4O2. The average molecular weight is 376 g/mol. The Kier molecular flexibility index (Phi) is 4.86. The molecule has 1 saturated carbocycles. The standard InChI is InChI=1S/C12H9N3O.C10H15NO/c16-11-4-2-1-3-9(11)10-7-8-5-6-13-12(8)15-14-10;1-2-9(12)11-7-6-10(8-11)4-3-5-10/h1-7,16H,(H,13,15);2H,1,3-8H2. The Morgan fingerprint density at radius 3 is 2.71 bits per heavy atom. The van der Waals surface area contributed by atoms with Crippen molar-refractivity contribution in [2.75, 3.05) is 13.1 Å². The van der Waals surface area contributed by atoms with Gasteiger partial charge in [-0.3, -0.25) is 4.79 Å². The minimum atomic E-state index is 0.110. The molecule has 0 bridgehead atoms. The maximum absolute atomic E-state index is 11.2. The molecule has 1 spiro atoms. The third kappa shape index (κ3) is 3.50. The molecule has 0 atom stereocenters. The van der Waals surface area contributed by atoms with E-state index in [0.29, 0.717) is 16.7 Å². The first-order chi connectivity index (χ1) is 13.6. The minimum absolute atomic E-state index is 0.110. The molecule has 6 heteroatoms. The summed E-state index contributed by atoms with van der Waals surface area (Å²) in [5, 5.41) is 18.8. The van der Waals surface area contributed by atoms with E-state index in [-0.39, 0.29) is 11.7 Å². The van der Waals surface area contributed by atoms with E-state index in [9.17, 15) is 9.90 Å². The van der Waals surface area contributed by atoms with Crippen LogP contribution in [0, 0.1) is 5.41 Å². The molecule has 6 nitrogen and oxygen atoms in total. The van der Waals surface area contributed by atoms with E-state index in [0.717, 1.165) is 24.1 Å². The van der Waals surface area contributed by atoms with E-state index in [2.05, 4.69) is 21.8 Å². The van der Waals surface area contributed by atoms with Crippen molar-refractivity contribution >= 4 is 16.9 Å². The second-order valence-electron chi connectivity index (χ2n) is 7.60. The molecule has 1 amide bonds. The number of fused-ring (bicyclic) bond motifs is 1. The van der Waals surface area contributed by atoms with E-state index in [1.807, 2.05) is 35.4 Å². The number of para-hydroxylation sites is 1. The Balaban J connectivity index is 0.000000143. The molecular weight excluding hydrogens is 352 g/mol. The number of phenolic OH excluding ortho intramolecular Hbond substituents is 1. The van der Waals surface area contributed by atoms with Gasteiger partial charge in [-0.15, -0.1) is 10.2 Å². The molecule has 1 aromatic carbocycles. The van der Waals surface area contributed by atoms with E-state index in [1.54, 1.807) is 12.1 Å². The number of rotatable bonds is 2. The minimum Gasteiger partial charge on any atom is -0.507 e. The lowest BCUT2D eigenvalue weighted by atomic mass is 9.68. The van der Waals surface area contributed by atoms with Crippen molar-refractivity contribution in [3.8, 4) is 17.0 Å². The number of hydrogen-bond donors (Lipinski definition) is 2. The molecule has 1 aliphatic heterocycles. The molecule has 3 aromatic rings. The van der Waals surface area contributed by atoms with Gasteiger partial charge in [0.05, 0.1) is 5.69 Å². The van der Waals surface area contributed by atoms with Crippen molar-refractivity contribution in [1.82, 2.24) is 20.1 Å². The number of benzene rings is 1. The van der Waals surface area contributed by atoms with Crippen molar-refractivity contribution in [1.29, 1.82) is 0 Å². The molecule has 28 heavy (non-hydrogen) atoms. The average Bonchev–Trinajstić information content (AvgIpc) is 3.35. The second-order valence-corrected chi connectivity index (χ2v) is 7.60. The second kappa shape index (κ2) is 7.46. The number of carbonyl (C=O) groups is 1. The van der Waals surface area contributed by atoms with Gasteiger partial charge in [0, 0.05) is 30.2 Å². The summed E-state index contributed by atoms with van der Waals surface area (Å²) < 4.78 is 0. The normalized spacial score (nSPS) is 17.1. The largest absolute Gasteiger partial charge is 0.507 e. The van der Waals surface area contributed by atoms with Gasteiger partial charge in [0.1, 0.15) is 5.75 Å².